The standard InChI is InChI=1S/C21H25N5O2.ClH/c1-14-3-5-15(6-4-14)21-25-17(13-28-21)7-8-23-20(27)19-11-22-10-18(19)16-9-24-26(2)12-16;/h3-6,9,12-13,18-19,22H,7-8,10-11H2,1-2H3,(H,23,27);1H/t18-,19+;/m1./s1. The number of nitrogens with zero attached hydrogens (tertiary/aromatic N) is 3. The van der Waals surface area contributed by atoms with Crippen molar-refractivity contribution in [1.82, 2.24) is 25.4 Å². The third kappa shape index (κ3) is 4.86. The van der Waals surface area contributed by atoms with Crippen LogP contribution in [0.3, 0.4) is 0 Å². The zero-order valence-corrected chi connectivity index (χ0v) is 17.4. The number of nitrogens with one attached hydrogen (secondary N) is 2. The number of benzene rings is 1. The molecule has 1 saturated heterocycles. The zero-order valence-electron chi connectivity index (χ0n) is 16.6. The van der Waals surface area contributed by atoms with Crippen molar-refractivity contribution in [2.24, 2.45) is 13.0 Å². The lowest BCUT2D eigenvalue weighted by atomic mass is 9.90. The van der Waals surface area contributed by atoms with Crippen molar-refractivity contribution in [3.05, 3.63) is 59.7 Å². The van der Waals surface area contributed by atoms with Crippen LogP contribution in [-0.2, 0) is 18.3 Å². The van der Waals surface area contributed by atoms with Gasteiger partial charge in [-0.2, -0.15) is 5.10 Å². The van der Waals surface area contributed by atoms with E-state index in [1.54, 1.807) is 10.9 Å². The predicted molar refractivity (Wildman–Crippen MR) is 113 cm³/mol. The second-order valence-corrected chi connectivity index (χ2v) is 7.37. The van der Waals surface area contributed by atoms with Crippen LogP contribution >= 0.6 is 12.4 Å². The summed E-state index contributed by atoms with van der Waals surface area (Å²) in [4.78, 5) is 17.2. The van der Waals surface area contributed by atoms with Gasteiger partial charge in [0, 0.05) is 50.8 Å². The molecule has 1 fully saturated rings. The van der Waals surface area contributed by atoms with Crippen LogP contribution in [0.5, 0.6) is 0 Å². The highest BCUT2D eigenvalue weighted by Gasteiger charge is 2.34. The SMILES string of the molecule is Cc1ccc(-c2nc(CCNC(=O)[C@H]3CNC[C@@H]3c3cnn(C)c3)co2)cc1.Cl. The van der Waals surface area contributed by atoms with E-state index < -0.39 is 0 Å². The molecule has 0 spiro atoms. The molecule has 1 aliphatic rings. The molecule has 1 aliphatic heterocycles. The predicted octanol–water partition coefficient (Wildman–Crippen LogP) is 2.47. The fourth-order valence-corrected chi connectivity index (χ4v) is 3.63. The van der Waals surface area contributed by atoms with Crippen LogP contribution in [0.15, 0.2) is 47.3 Å². The van der Waals surface area contributed by atoms with Crippen molar-refractivity contribution >= 4 is 18.3 Å². The highest BCUT2D eigenvalue weighted by atomic mass is 35.5. The van der Waals surface area contributed by atoms with E-state index in [-0.39, 0.29) is 30.2 Å². The van der Waals surface area contributed by atoms with Crippen LogP contribution in [0, 0.1) is 12.8 Å². The molecule has 3 aromatic rings. The Kier molecular flexibility index (Phi) is 6.71. The number of hydrogen-bond acceptors (Lipinski definition) is 5. The highest BCUT2D eigenvalue weighted by Crippen LogP contribution is 2.27. The largest absolute Gasteiger partial charge is 0.444 e. The first kappa shape index (κ1) is 21.1. The summed E-state index contributed by atoms with van der Waals surface area (Å²) in [5.41, 5.74) is 4.09. The van der Waals surface area contributed by atoms with Gasteiger partial charge in [0.15, 0.2) is 0 Å². The molecule has 2 atom stereocenters. The Bertz CT molecular complexity index is 950. The molecule has 2 N–H and O–H groups in total. The van der Waals surface area contributed by atoms with E-state index >= 15 is 0 Å². The number of carbonyl (C=O) groups is 1. The van der Waals surface area contributed by atoms with Gasteiger partial charge in [0.1, 0.15) is 6.26 Å². The molecule has 7 nitrogen and oxygen atoms in total. The maximum absolute atomic E-state index is 12.7. The highest BCUT2D eigenvalue weighted by molar-refractivity contribution is 5.85. The fraction of sp³-hybridized carbons (Fsp3) is 0.381. The maximum Gasteiger partial charge on any atom is 0.226 e. The fourth-order valence-electron chi connectivity index (χ4n) is 3.63. The van der Waals surface area contributed by atoms with E-state index in [4.69, 9.17) is 4.42 Å². The topological polar surface area (TPSA) is 85.0 Å². The molecule has 1 aromatic carbocycles. The minimum absolute atomic E-state index is 0. The number of hydrogen-bond donors (Lipinski definition) is 2. The van der Waals surface area contributed by atoms with Crippen LogP contribution in [0.2, 0.25) is 0 Å². The number of carbonyl (C=O) groups excluding carboxylic acids is 1. The summed E-state index contributed by atoms with van der Waals surface area (Å²) in [6, 6.07) is 8.07. The zero-order chi connectivity index (χ0) is 19.5. The summed E-state index contributed by atoms with van der Waals surface area (Å²) < 4.78 is 7.36. The Morgan fingerprint density at radius 1 is 1.31 bits per heavy atom. The molecule has 1 amide bonds. The van der Waals surface area contributed by atoms with Crippen molar-refractivity contribution < 1.29 is 9.21 Å². The summed E-state index contributed by atoms with van der Waals surface area (Å²) in [6.07, 6.45) is 6.13. The van der Waals surface area contributed by atoms with Crippen molar-refractivity contribution in [3.8, 4) is 11.5 Å². The molecule has 29 heavy (non-hydrogen) atoms. The van der Waals surface area contributed by atoms with Gasteiger partial charge >= 0.3 is 0 Å². The van der Waals surface area contributed by atoms with E-state index in [2.05, 4.69) is 20.7 Å². The summed E-state index contributed by atoms with van der Waals surface area (Å²) in [6.45, 7) is 4.07. The monoisotopic (exact) mass is 415 g/mol. The molecular formula is C21H26ClN5O2. The Morgan fingerprint density at radius 3 is 2.83 bits per heavy atom. The number of halogens is 1. The van der Waals surface area contributed by atoms with Crippen LogP contribution in [0.25, 0.3) is 11.5 Å². The summed E-state index contributed by atoms with van der Waals surface area (Å²) in [5.74, 6) is 0.762. The van der Waals surface area contributed by atoms with Gasteiger partial charge in [-0.3, -0.25) is 9.48 Å². The lowest BCUT2D eigenvalue weighted by molar-refractivity contribution is -0.124. The molecule has 0 radical (unpaired) electrons. The van der Waals surface area contributed by atoms with Crippen molar-refractivity contribution in [1.29, 1.82) is 0 Å². The van der Waals surface area contributed by atoms with Gasteiger partial charge in [0.25, 0.3) is 0 Å². The number of aryl methyl sites for hydroxylation is 2. The summed E-state index contributed by atoms with van der Waals surface area (Å²) in [7, 11) is 1.89. The quantitative estimate of drug-likeness (QED) is 0.646. The van der Waals surface area contributed by atoms with Gasteiger partial charge in [-0.15, -0.1) is 12.4 Å². The van der Waals surface area contributed by atoms with Crippen LogP contribution in [0.1, 0.15) is 22.7 Å². The lowest BCUT2D eigenvalue weighted by Crippen LogP contribution is -2.35. The number of aromatic nitrogens is 3. The molecule has 0 saturated carbocycles. The molecule has 0 unspecified atom stereocenters. The lowest BCUT2D eigenvalue weighted by Gasteiger charge is -2.16. The van der Waals surface area contributed by atoms with E-state index in [9.17, 15) is 4.79 Å². The third-order valence-corrected chi connectivity index (χ3v) is 5.23. The molecular weight excluding hydrogens is 390 g/mol. The van der Waals surface area contributed by atoms with Crippen molar-refractivity contribution in [2.45, 2.75) is 19.3 Å². The van der Waals surface area contributed by atoms with Crippen LogP contribution < -0.4 is 10.6 Å². The van der Waals surface area contributed by atoms with E-state index in [1.807, 2.05) is 50.6 Å². The van der Waals surface area contributed by atoms with Gasteiger partial charge in [-0.05, 0) is 24.6 Å². The summed E-state index contributed by atoms with van der Waals surface area (Å²) in [5, 5.41) is 10.6. The Labute approximate surface area is 176 Å². The Morgan fingerprint density at radius 2 is 2.10 bits per heavy atom. The van der Waals surface area contributed by atoms with Crippen molar-refractivity contribution in [3.63, 3.8) is 0 Å². The number of rotatable bonds is 6. The third-order valence-electron chi connectivity index (χ3n) is 5.23. The van der Waals surface area contributed by atoms with E-state index in [0.29, 0.717) is 25.4 Å². The minimum Gasteiger partial charge on any atom is -0.444 e. The number of amides is 1. The molecule has 154 valence electrons. The smallest absolute Gasteiger partial charge is 0.226 e. The molecule has 4 rings (SSSR count). The molecule has 8 heteroatoms. The first-order valence-corrected chi connectivity index (χ1v) is 9.58. The molecule has 0 aliphatic carbocycles. The minimum atomic E-state index is -0.0790. The molecule has 2 aromatic heterocycles. The van der Waals surface area contributed by atoms with Gasteiger partial charge in [-0.1, -0.05) is 17.7 Å². The maximum atomic E-state index is 12.7. The molecule has 3 heterocycles. The normalized spacial score (nSPS) is 18.4. The first-order valence-electron chi connectivity index (χ1n) is 9.58. The van der Waals surface area contributed by atoms with E-state index in [1.165, 1.54) is 5.56 Å². The first-order chi connectivity index (χ1) is 13.6. The van der Waals surface area contributed by atoms with Gasteiger partial charge < -0.3 is 15.1 Å². The van der Waals surface area contributed by atoms with E-state index in [0.717, 1.165) is 23.4 Å². The van der Waals surface area contributed by atoms with Crippen molar-refractivity contribution in [2.75, 3.05) is 19.6 Å². The van der Waals surface area contributed by atoms with Gasteiger partial charge in [0.05, 0.1) is 17.8 Å². The Hall–Kier alpha value is -2.64. The van der Waals surface area contributed by atoms with Gasteiger partial charge in [-0.25, -0.2) is 4.98 Å². The number of oxazole rings is 1. The summed E-state index contributed by atoms with van der Waals surface area (Å²) >= 11 is 0. The second-order valence-electron chi connectivity index (χ2n) is 7.37. The van der Waals surface area contributed by atoms with Gasteiger partial charge in [0.2, 0.25) is 11.8 Å². The van der Waals surface area contributed by atoms with Crippen LogP contribution in [0.4, 0.5) is 0 Å². The second kappa shape index (κ2) is 9.24. The van der Waals surface area contributed by atoms with Crippen LogP contribution in [-0.4, -0.2) is 40.3 Å². The average Bonchev–Trinajstić information content (AvgIpc) is 3.42. The molecule has 0 bridgehead atoms. The Balaban J connectivity index is 0.00000240. The average molecular weight is 416 g/mol.